The lowest BCUT2D eigenvalue weighted by molar-refractivity contribution is 0.0996. The Bertz CT molecular complexity index is 684. The summed E-state index contributed by atoms with van der Waals surface area (Å²) in [5.41, 5.74) is 1.73. The van der Waals surface area contributed by atoms with Gasteiger partial charge in [-0.15, -0.1) is 30.6 Å². The van der Waals surface area contributed by atoms with Crippen LogP contribution in [0.4, 0.5) is 5.69 Å². The highest BCUT2D eigenvalue weighted by Crippen LogP contribution is 2.12. The number of rotatable bonds is 6. The van der Waals surface area contributed by atoms with E-state index in [1.165, 1.54) is 6.26 Å². The van der Waals surface area contributed by atoms with Gasteiger partial charge in [-0.3, -0.25) is 9.79 Å². The number of hydrogen-bond donors (Lipinski definition) is 3. The number of guanidine groups is 1. The Kier molecular flexibility index (Phi) is 8.63. The van der Waals surface area contributed by atoms with E-state index in [0.29, 0.717) is 24.7 Å². The van der Waals surface area contributed by atoms with Crippen molar-refractivity contribution in [1.82, 2.24) is 10.6 Å². The molecule has 1 aromatic carbocycles. The first-order valence-electron chi connectivity index (χ1n) is 7.22. The van der Waals surface area contributed by atoms with Gasteiger partial charge in [0.1, 0.15) is 0 Å². The minimum Gasteiger partial charge on any atom is -0.459 e. The molecule has 0 unspecified atom stereocenters. The molecule has 2 rings (SSSR count). The van der Waals surface area contributed by atoms with Crippen molar-refractivity contribution in [3.8, 4) is 0 Å². The number of furan rings is 1. The van der Waals surface area contributed by atoms with Crippen LogP contribution >= 0.6 is 24.0 Å². The fraction of sp³-hybridized carbons (Fsp3) is 0.176. The zero-order valence-electron chi connectivity index (χ0n) is 13.4. The fourth-order valence-electron chi connectivity index (χ4n) is 1.93. The molecule has 6 nitrogen and oxygen atoms in total. The number of hydrogen-bond acceptors (Lipinski definition) is 3. The monoisotopic (exact) mass is 440 g/mol. The molecule has 3 N–H and O–H groups in total. The third-order valence-corrected chi connectivity index (χ3v) is 3.03. The number of anilines is 1. The van der Waals surface area contributed by atoms with E-state index in [1.54, 1.807) is 25.3 Å². The van der Waals surface area contributed by atoms with E-state index in [2.05, 4.69) is 27.5 Å². The van der Waals surface area contributed by atoms with Crippen LogP contribution in [0.25, 0.3) is 0 Å². The van der Waals surface area contributed by atoms with E-state index in [0.717, 1.165) is 5.56 Å². The van der Waals surface area contributed by atoms with Crippen LogP contribution < -0.4 is 16.0 Å². The van der Waals surface area contributed by atoms with E-state index < -0.39 is 0 Å². The first kappa shape index (κ1) is 19.8. The lowest BCUT2D eigenvalue weighted by Crippen LogP contribution is -2.36. The molecular weight excluding hydrogens is 419 g/mol. The minimum atomic E-state index is -0.274. The standard InChI is InChI=1S/C17H20N4O2.HI/c1-3-9-19-17(18-2)20-12-13-6-4-7-14(11-13)21-16(22)15-8-5-10-23-15;/h3-8,10-11H,1,9,12H2,2H3,(H,21,22)(H2,18,19,20);1H. The SMILES string of the molecule is C=CCNC(=NC)NCc1cccc(NC(=O)c2ccco2)c1.I. The molecule has 0 aliphatic heterocycles. The maximum absolute atomic E-state index is 12.0. The van der Waals surface area contributed by atoms with E-state index in [4.69, 9.17) is 4.42 Å². The van der Waals surface area contributed by atoms with Crippen LogP contribution in [-0.2, 0) is 6.54 Å². The van der Waals surface area contributed by atoms with Crippen LogP contribution in [0, 0.1) is 0 Å². The van der Waals surface area contributed by atoms with Gasteiger partial charge in [-0.25, -0.2) is 0 Å². The summed E-state index contributed by atoms with van der Waals surface area (Å²) in [6.07, 6.45) is 3.23. The molecule has 1 heterocycles. The molecule has 7 heteroatoms. The third-order valence-electron chi connectivity index (χ3n) is 3.03. The molecule has 0 saturated heterocycles. The normalized spacial score (nSPS) is 10.5. The number of carbonyl (C=O) groups excluding carboxylic acids is 1. The van der Waals surface area contributed by atoms with Crippen molar-refractivity contribution in [1.29, 1.82) is 0 Å². The van der Waals surface area contributed by atoms with Crippen molar-refractivity contribution >= 4 is 41.5 Å². The van der Waals surface area contributed by atoms with Gasteiger partial charge in [0, 0.05) is 25.8 Å². The van der Waals surface area contributed by atoms with Crippen LogP contribution in [0.2, 0.25) is 0 Å². The van der Waals surface area contributed by atoms with Crippen LogP contribution in [0.3, 0.4) is 0 Å². The Morgan fingerprint density at radius 1 is 1.29 bits per heavy atom. The zero-order valence-corrected chi connectivity index (χ0v) is 15.7. The zero-order chi connectivity index (χ0) is 16.5. The number of amides is 1. The van der Waals surface area contributed by atoms with Gasteiger partial charge in [-0.1, -0.05) is 18.2 Å². The molecule has 0 radical (unpaired) electrons. The molecule has 0 bridgehead atoms. The van der Waals surface area contributed by atoms with Crippen molar-refractivity contribution in [2.75, 3.05) is 18.9 Å². The van der Waals surface area contributed by atoms with Crippen molar-refractivity contribution in [2.45, 2.75) is 6.54 Å². The van der Waals surface area contributed by atoms with Gasteiger partial charge in [0.25, 0.3) is 5.91 Å². The smallest absolute Gasteiger partial charge is 0.291 e. The number of halogens is 1. The van der Waals surface area contributed by atoms with Gasteiger partial charge in [-0.2, -0.15) is 0 Å². The molecule has 24 heavy (non-hydrogen) atoms. The Morgan fingerprint density at radius 2 is 2.12 bits per heavy atom. The van der Waals surface area contributed by atoms with Gasteiger partial charge in [0.2, 0.25) is 0 Å². The molecule has 1 aromatic heterocycles. The van der Waals surface area contributed by atoms with E-state index in [1.807, 2.05) is 24.3 Å². The second-order valence-electron chi connectivity index (χ2n) is 4.73. The summed E-state index contributed by atoms with van der Waals surface area (Å²) in [5.74, 6) is 0.695. The van der Waals surface area contributed by atoms with Crippen LogP contribution in [0.15, 0.2) is 64.7 Å². The van der Waals surface area contributed by atoms with Gasteiger partial charge in [0.05, 0.1) is 6.26 Å². The maximum atomic E-state index is 12.0. The number of nitrogens with zero attached hydrogens (tertiary/aromatic N) is 1. The summed E-state index contributed by atoms with van der Waals surface area (Å²) < 4.78 is 5.07. The number of carbonyl (C=O) groups is 1. The van der Waals surface area contributed by atoms with E-state index >= 15 is 0 Å². The Balaban J connectivity index is 0.00000288. The number of aliphatic imine (C=N–C) groups is 1. The molecule has 0 atom stereocenters. The second kappa shape index (κ2) is 10.5. The van der Waals surface area contributed by atoms with Crippen molar-refractivity contribution in [2.24, 2.45) is 4.99 Å². The third kappa shape index (κ3) is 6.07. The molecule has 2 aromatic rings. The summed E-state index contributed by atoms with van der Waals surface area (Å²) in [7, 11) is 1.71. The molecule has 0 saturated carbocycles. The van der Waals surface area contributed by atoms with Crippen LogP contribution in [0.1, 0.15) is 16.1 Å². The molecule has 0 aliphatic rings. The van der Waals surface area contributed by atoms with Crippen LogP contribution in [0.5, 0.6) is 0 Å². The van der Waals surface area contributed by atoms with E-state index in [9.17, 15) is 4.79 Å². The van der Waals surface area contributed by atoms with Gasteiger partial charge < -0.3 is 20.4 Å². The van der Waals surface area contributed by atoms with Crippen molar-refractivity contribution in [3.05, 3.63) is 66.6 Å². The molecule has 128 valence electrons. The van der Waals surface area contributed by atoms with Crippen molar-refractivity contribution in [3.63, 3.8) is 0 Å². The average Bonchev–Trinajstić information content (AvgIpc) is 3.10. The van der Waals surface area contributed by atoms with Gasteiger partial charge in [-0.05, 0) is 29.8 Å². The Hall–Kier alpha value is -2.29. The molecule has 0 spiro atoms. The average molecular weight is 440 g/mol. The molecule has 0 fully saturated rings. The summed E-state index contributed by atoms with van der Waals surface area (Å²) in [6, 6.07) is 10.9. The van der Waals surface area contributed by atoms with E-state index in [-0.39, 0.29) is 35.6 Å². The summed E-state index contributed by atoms with van der Waals surface area (Å²) in [4.78, 5) is 16.1. The van der Waals surface area contributed by atoms with Gasteiger partial charge >= 0.3 is 0 Å². The highest BCUT2D eigenvalue weighted by molar-refractivity contribution is 14.0. The predicted molar refractivity (Wildman–Crippen MR) is 107 cm³/mol. The number of benzene rings is 1. The first-order valence-corrected chi connectivity index (χ1v) is 7.22. The highest BCUT2D eigenvalue weighted by Gasteiger charge is 2.08. The maximum Gasteiger partial charge on any atom is 0.291 e. The molecule has 0 aliphatic carbocycles. The Morgan fingerprint density at radius 3 is 2.79 bits per heavy atom. The quantitative estimate of drug-likeness (QED) is 0.279. The molecular formula is C17H21IN4O2. The lowest BCUT2D eigenvalue weighted by atomic mass is 10.2. The largest absolute Gasteiger partial charge is 0.459 e. The van der Waals surface area contributed by atoms with Gasteiger partial charge in [0.15, 0.2) is 11.7 Å². The summed E-state index contributed by atoms with van der Waals surface area (Å²) >= 11 is 0. The minimum absolute atomic E-state index is 0. The number of nitrogens with one attached hydrogen (secondary N) is 3. The molecule has 1 amide bonds. The fourth-order valence-corrected chi connectivity index (χ4v) is 1.93. The van der Waals surface area contributed by atoms with Crippen molar-refractivity contribution < 1.29 is 9.21 Å². The second-order valence-corrected chi connectivity index (χ2v) is 4.73. The lowest BCUT2D eigenvalue weighted by Gasteiger charge is -2.11. The summed E-state index contributed by atoms with van der Waals surface area (Å²) in [6.45, 7) is 4.87. The van der Waals surface area contributed by atoms with Crippen LogP contribution in [-0.4, -0.2) is 25.5 Å². The Labute approximate surface area is 158 Å². The first-order chi connectivity index (χ1) is 11.2. The predicted octanol–water partition coefficient (Wildman–Crippen LogP) is 3.00. The summed E-state index contributed by atoms with van der Waals surface area (Å²) in [5, 5.41) is 9.08. The highest BCUT2D eigenvalue weighted by atomic mass is 127. The topological polar surface area (TPSA) is 78.7 Å².